The molecule has 2 aliphatic carbocycles. The van der Waals surface area contributed by atoms with Gasteiger partial charge in [0.15, 0.2) is 0 Å². The molecule has 3 aromatic heterocycles. The highest BCUT2D eigenvalue weighted by atomic mass is 127. The highest BCUT2D eigenvalue weighted by Crippen LogP contribution is 2.49. The molecule has 3 aliphatic rings. The number of halogens is 6. The predicted octanol–water partition coefficient (Wildman–Crippen LogP) is 7.36. The fourth-order valence-electron chi connectivity index (χ4n) is 7.91. The quantitative estimate of drug-likeness (QED) is 0.146. The van der Waals surface area contributed by atoms with E-state index in [1.165, 1.54) is 17.0 Å². The third kappa shape index (κ3) is 6.00. The number of aromatic nitrogens is 5. The lowest BCUT2D eigenvalue weighted by Crippen LogP contribution is -2.43. The lowest BCUT2D eigenvalue weighted by molar-refractivity contribution is -0.136. The number of rotatable bonds is 7. The van der Waals surface area contributed by atoms with Crippen molar-refractivity contribution in [3.8, 4) is 0 Å². The van der Waals surface area contributed by atoms with E-state index in [9.17, 15) is 18.0 Å². The van der Waals surface area contributed by atoms with E-state index >= 15 is 8.78 Å². The van der Waals surface area contributed by atoms with Gasteiger partial charge in [-0.25, -0.2) is 4.79 Å². The van der Waals surface area contributed by atoms with Gasteiger partial charge < -0.3 is 4.57 Å². The Morgan fingerprint density at radius 3 is 2.33 bits per heavy atom. The van der Waals surface area contributed by atoms with Crippen molar-refractivity contribution in [1.82, 2.24) is 28.6 Å². The second kappa shape index (κ2) is 11.7. The van der Waals surface area contributed by atoms with Crippen LogP contribution in [0.3, 0.4) is 0 Å². The zero-order chi connectivity index (χ0) is 30.7. The summed E-state index contributed by atoms with van der Waals surface area (Å²) in [6.07, 6.45) is 7.41. The first-order valence-corrected chi connectivity index (χ1v) is 16.4. The van der Waals surface area contributed by atoms with Gasteiger partial charge >= 0.3 is 15.8 Å². The van der Waals surface area contributed by atoms with Gasteiger partial charge in [0.1, 0.15) is 18.2 Å². The topological polar surface area (TPSA) is 60.4 Å². The molecule has 6 rings (SSSR count). The average molecular weight is 721 g/mol. The Balaban J connectivity index is 1.40. The summed E-state index contributed by atoms with van der Waals surface area (Å²) in [7, 11) is 1.93. The minimum absolute atomic E-state index is 0.147. The van der Waals surface area contributed by atoms with Crippen LogP contribution in [0.5, 0.6) is 0 Å². The Bertz CT molecular complexity index is 1510. The maximum atomic E-state index is 15.1. The number of hydrogen-bond donors (Lipinski definition) is 0. The van der Waals surface area contributed by atoms with Gasteiger partial charge in [0.05, 0.1) is 11.1 Å². The van der Waals surface area contributed by atoms with E-state index in [0.717, 1.165) is 77.4 Å². The van der Waals surface area contributed by atoms with E-state index in [4.69, 9.17) is 0 Å². The normalized spacial score (nSPS) is 26.0. The van der Waals surface area contributed by atoms with Crippen molar-refractivity contribution in [2.24, 2.45) is 24.8 Å². The molecule has 2 saturated carbocycles. The monoisotopic (exact) mass is 720 g/mol. The van der Waals surface area contributed by atoms with Gasteiger partial charge in [0.2, 0.25) is 0 Å². The molecule has 13 heteroatoms. The first kappa shape index (κ1) is 31.0. The summed E-state index contributed by atoms with van der Waals surface area (Å²) in [6.45, 7) is 2.68. The van der Waals surface area contributed by atoms with Crippen molar-refractivity contribution in [1.29, 1.82) is 0 Å². The maximum absolute atomic E-state index is 15.1. The molecule has 4 heterocycles. The second-order valence-electron chi connectivity index (χ2n) is 13.0. The molecule has 0 N–H and O–H groups in total. The van der Waals surface area contributed by atoms with Gasteiger partial charge in [0, 0.05) is 60.5 Å². The first-order chi connectivity index (χ1) is 20.3. The number of likely N-dealkylation sites (tertiary alicyclic amines) is 1. The molecule has 236 valence electrons. The maximum Gasteiger partial charge on any atom is 0.418 e. The van der Waals surface area contributed by atoms with Crippen LogP contribution >= 0.6 is 22.6 Å². The molecule has 0 amide bonds. The zero-order valence-corrected chi connectivity index (χ0v) is 26.6. The van der Waals surface area contributed by atoms with Gasteiger partial charge in [-0.05, 0) is 80.9 Å². The van der Waals surface area contributed by atoms with Crippen molar-refractivity contribution < 1.29 is 22.0 Å². The van der Waals surface area contributed by atoms with E-state index in [1.807, 2.05) is 18.5 Å². The van der Waals surface area contributed by atoms with Gasteiger partial charge in [-0.3, -0.25) is 13.9 Å². The van der Waals surface area contributed by atoms with Crippen LogP contribution in [0, 0.1) is 17.8 Å². The summed E-state index contributed by atoms with van der Waals surface area (Å²) in [5.74, 6) is 1.93. The van der Waals surface area contributed by atoms with E-state index < -0.39 is 27.4 Å². The third-order valence-electron chi connectivity index (χ3n) is 10.1. The standard InChI is InChI=1S/C30H38F5IN6O/c1-18-6-5-11-40(14-18)26(30(34,35)36)21-13-23(29(31,32)33)24-16-41(28(43)42(24)15-21)22-10-4-9-20(12-22)25(19-7-3-8-19)27-38-37-17-39(27)2/h13,15-20,22,25-26H,3-12,14H2,1-2H3/t18-,20?,22?,25-,26-/m0/s1. The Kier molecular flexibility index (Phi) is 8.44. The van der Waals surface area contributed by atoms with Gasteiger partial charge in [0.25, 0.3) is 0 Å². The molecule has 3 fully saturated rings. The van der Waals surface area contributed by atoms with Crippen molar-refractivity contribution in [2.45, 2.75) is 92.8 Å². The number of fused-ring (bicyclic) bond motifs is 1. The molecule has 2 unspecified atom stereocenters. The zero-order valence-electron chi connectivity index (χ0n) is 24.4. The van der Waals surface area contributed by atoms with Crippen LogP contribution in [-0.2, 0) is 13.2 Å². The number of nitrogens with zero attached hydrogens (tertiary/aromatic N) is 6. The minimum atomic E-state index is -4.82. The molecular formula is C30H38F5IN6O. The molecule has 1 aliphatic heterocycles. The fraction of sp³-hybridized carbons (Fsp3) is 0.700. The summed E-state index contributed by atoms with van der Waals surface area (Å²) in [5.41, 5.74) is -2.17. The average Bonchev–Trinajstić information content (AvgIpc) is 3.47. The largest absolute Gasteiger partial charge is 0.418 e. The number of hydrogen-bond acceptors (Lipinski definition) is 4. The predicted molar refractivity (Wildman–Crippen MR) is 160 cm³/mol. The molecule has 0 bridgehead atoms. The summed E-state index contributed by atoms with van der Waals surface area (Å²) in [6, 6.07) is -1.04. The Labute approximate surface area is 261 Å². The Hall–Kier alpha value is -2.03. The molecule has 43 heavy (non-hydrogen) atoms. The molecule has 7 nitrogen and oxygen atoms in total. The van der Waals surface area contributed by atoms with Crippen LogP contribution in [0.2, 0.25) is 0 Å². The molecule has 0 spiro atoms. The molecule has 0 radical (unpaired) electrons. The van der Waals surface area contributed by atoms with E-state index in [0.29, 0.717) is 38.3 Å². The summed E-state index contributed by atoms with van der Waals surface area (Å²) < 4.78 is 74.7. The van der Waals surface area contributed by atoms with Crippen molar-refractivity contribution in [2.75, 3.05) is 13.1 Å². The van der Waals surface area contributed by atoms with Gasteiger partial charge in [-0.15, -0.1) is 10.2 Å². The molecule has 5 atom stereocenters. The van der Waals surface area contributed by atoms with Crippen LogP contribution in [0.15, 0.2) is 29.6 Å². The fourth-order valence-corrected chi connectivity index (χ4v) is 8.67. The lowest BCUT2D eigenvalue weighted by atomic mass is 9.66. The number of alkyl halides is 6. The Morgan fingerprint density at radius 1 is 1.00 bits per heavy atom. The van der Waals surface area contributed by atoms with Crippen molar-refractivity contribution >= 4 is 28.1 Å². The SMILES string of the molecule is C[C@H]1CCCN([C@@H](c2cc(C(F)(F)F)c3cn(C4CCCC([C@@H](c5nncn5C)C5CCC5)C4)c(=O)n3c2)C(F)(F)I)C1. The van der Waals surface area contributed by atoms with E-state index in [-0.39, 0.29) is 34.9 Å². The summed E-state index contributed by atoms with van der Waals surface area (Å²) in [5, 5.41) is 8.52. The number of piperidine rings is 1. The minimum Gasteiger partial charge on any atom is -0.320 e. The molecule has 1 saturated heterocycles. The van der Waals surface area contributed by atoms with Crippen LogP contribution < -0.4 is 5.69 Å². The Morgan fingerprint density at radius 2 is 1.72 bits per heavy atom. The molecule has 0 aromatic carbocycles. The van der Waals surface area contributed by atoms with Crippen molar-refractivity contribution in [3.63, 3.8) is 0 Å². The van der Waals surface area contributed by atoms with Crippen LogP contribution in [-0.4, -0.2) is 45.7 Å². The second-order valence-corrected chi connectivity index (χ2v) is 14.5. The highest BCUT2D eigenvalue weighted by molar-refractivity contribution is 14.1. The first-order valence-electron chi connectivity index (χ1n) is 15.3. The van der Waals surface area contributed by atoms with Gasteiger partial charge in [-0.1, -0.05) is 19.8 Å². The van der Waals surface area contributed by atoms with Crippen LogP contribution in [0.25, 0.3) is 5.52 Å². The summed E-state index contributed by atoms with van der Waals surface area (Å²) >= 11 is 1.02. The van der Waals surface area contributed by atoms with E-state index in [1.54, 1.807) is 11.2 Å². The number of imidazole rings is 1. The van der Waals surface area contributed by atoms with Crippen molar-refractivity contribution in [3.05, 3.63) is 52.2 Å². The lowest BCUT2D eigenvalue weighted by Gasteiger charge is -2.41. The van der Waals surface area contributed by atoms with Crippen LogP contribution in [0.4, 0.5) is 22.0 Å². The van der Waals surface area contributed by atoms with Crippen LogP contribution in [0.1, 0.15) is 99.7 Å². The highest BCUT2D eigenvalue weighted by Gasteiger charge is 2.45. The molecule has 3 aromatic rings. The third-order valence-corrected chi connectivity index (χ3v) is 10.7. The summed E-state index contributed by atoms with van der Waals surface area (Å²) in [4.78, 5) is 15.4. The van der Waals surface area contributed by atoms with E-state index in [2.05, 4.69) is 10.2 Å². The molecular weight excluding hydrogens is 682 g/mol. The number of aryl methyl sites for hydroxylation is 1. The van der Waals surface area contributed by atoms with Gasteiger partial charge in [-0.2, -0.15) is 22.0 Å². The number of pyridine rings is 1. The smallest absolute Gasteiger partial charge is 0.320 e.